The van der Waals surface area contributed by atoms with Gasteiger partial charge in [0.1, 0.15) is 5.82 Å². The summed E-state index contributed by atoms with van der Waals surface area (Å²) < 4.78 is 12.1. The number of morpholine rings is 1. The van der Waals surface area contributed by atoms with Gasteiger partial charge >= 0.3 is 5.97 Å². The van der Waals surface area contributed by atoms with E-state index in [0.29, 0.717) is 23.3 Å². The Kier molecular flexibility index (Phi) is 8.84. The van der Waals surface area contributed by atoms with E-state index in [9.17, 15) is 9.90 Å². The van der Waals surface area contributed by atoms with Gasteiger partial charge in [-0.3, -0.25) is 4.98 Å². The number of carboxylic acids is 1. The summed E-state index contributed by atoms with van der Waals surface area (Å²) in [5.41, 5.74) is 7.50. The molecule has 4 aliphatic heterocycles. The van der Waals surface area contributed by atoms with E-state index in [2.05, 4.69) is 58.7 Å². The fraction of sp³-hybridized carbons (Fsp3) is 0.590. The van der Waals surface area contributed by atoms with Crippen molar-refractivity contribution in [1.29, 1.82) is 0 Å². The quantitative estimate of drug-likeness (QED) is 0.294. The lowest BCUT2D eigenvalue weighted by atomic mass is 9.81. The first-order valence-electron chi connectivity index (χ1n) is 18.0. The molecule has 2 unspecified atom stereocenters. The molecule has 262 valence electrons. The number of rotatable bonds is 7. The Labute approximate surface area is 290 Å². The average molecular weight is 669 g/mol. The molecule has 10 nitrogen and oxygen atoms in total. The maximum atomic E-state index is 12.9. The second kappa shape index (κ2) is 12.8. The third-order valence-electron chi connectivity index (χ3n) is 10.9. The summed E-state index contributed by atoms with van der Waals surface area (Å²) in [6, 6.07) is 9.50. The lowest BCUT2D eigenvalue weighted by molar-refractivity contribution is -0.160. The zero-order chi connectivity index (χ0) is 34.7. The molecule has 6 heterocycles. The largest absolute Gasteiger partial charge is 0.479 e. The number of ether oxygens (including phenoxy) is 2. The summed E-state index contributed by atoms with van der Waals surface area (Å²) in [7, 11) is 0. The molecule has 7 rings (SSSR count). The second-order valence-electron chi connectivity index (χ2n) is 16.2. The molecule has 10 heteroatoms. The number of aryl methyl sites for hydroxylation is 2. The molecule has 2 bridgehead atoms. The summed E-state index contributed by atoms with van der Waals surface area (Å²) in [5, 5.41) is 10.6. The summed E-state index contributed by atoms with van der Waals surface area (Å²) in [5.74, 6) is 0.784. The second-order valence-corrected chi connectivity index (χ2v) is 16.2. The van der Waals surface area contributed by atoms with Crippen molar-refractivity contribution in [2.24, 2.45) is 5.41 Å². The zero-order valence-electron chi connectivity index (χ0n) is 30.3. The Bertz CT molecular complexity index is 1710. The number of nitrogens with zero attached hydrogens (tertiary/aromatic N) is 6. The number of hydrogen-bond acceptors (Lipinski definition) is 9. The van der Waals surface area contributed by atoms with Gasteiger partial charge in [0, 0.05) is 54.9 Å². The molecule has 1 N–H and O–H groups in total. The van der Waals surface area contributed by atoms with Crippen LogP contribution in [-0.2, 0) is 27.2 Å². The first kappa shape index (κ1) is 33.7. The van der Waals surface area contributed by atoms with Crippen LogP contribution >= 0.6 is 0 Å². The molecule has 3 aromatic rings. The highest BCUT2D eigenvalue weighted by molar-refractivity contribution is 5.88. The monoisotopic (exact) mass is 668 g/mol. The summed E-state index contributed by atoms with van der Waals surface area (Å²) in [6.45, 7) is 19.2. The number of benzene rings is 1. The van der Waals surface area contributed by atoms with Gasteiger partial charge in [0.15, 0.2) is 6.10 Å². The van der Waals surface area contributed by atoms with Crippen molar-refractivity contribution in [3.63, 3.8) is 0 Å². The molecule has 3 fully saturated rings. The first-order valence-corrected chi connectivity index (χ1v) is 18.0. The van der Waals surface area contributed by atoms with Crippen LogP contribution in [0.1, 0.15) is 94.5 Å². The van der Waals surface area contributed by atoms with Crippen molar-refractivity contribution in [1.82, 2.24) is 15.0 Å². The van der Waals surface area contributed by atoms with Gasteiger partial charge < -0.3 is 29.3 Å². The van der Waals surface area contributed by atoms with Gasteiger partial charge in [0.25, 0.3) is 0 Å². The number of anilines is 3. The molecule has 0 spiro atoms. The number of aliphatic carboxylic acids is 1. The summed E-state index contributed by atoms with van der Waals surface area (Å²) in [6.07, 6.45) is 5.97. The first-order chi connectivity index (χ1) is 23.3. The molecule has 49 heavy (non-hydrogen) atoms. The topological polar surface area (TPSA) is 104 Å². The molecule has 0 aliphatic carbocycles. The van der Waals surface area contributed by atoms with E-state index in [-0.39, 0.29) is 5.41 Å². The van der Waals surface area contributed by atoms with Crippen molar-refractivity contribution >= 4 is 23.4 Å². The summed E-state index contributed by atoms with van der Waals surface area (Å²) >= 11 is 0. The van der Waals surface area contributed by atoms with Gasteiger partial charge in [0.2, 0.25) is 5.95 Å². The standard InChI is InChI=1S/C39H52N6O4/c1-24-32(34(43-18-14-39(6,7)15-19-43)33(25(2)41-24)35(36(46)47)49-38(3,4)5)27-8-9-28-21-44(17-13-26(28)20-27)31-12-16-40-37(42-31)45-29-10-11-30(45)23-48-22-29/h8-9,12,16,20,29-30,35H,10-11,13-15,17-19,21-23H2,1-7H3,(H,46,47)/t29?,30?,35-/m0/s1. The van der Waals surface area contributed by atoms with Crippen molar-refractivity contribution in [2.45, 2.75) is 111 Å². The highest BCUT2D eigenvalue weighted by atomic mass is 16.5. The van der Waals surface area contributed by atoms with E-state index in [1.807, 2.05) is 40.0 Å². The maximum absolute atomic E-state index is 12.9. The fourth-order valence-electron chi connectivity index (χ4n) is 8.25. The Morgan fingerprint density at radius 1 is 0.980 bits per heavy atom. The number of pyridine rings is 1. The fourth-order valence-corrected chi connectivity index (χ4v) is 8.25. The Balaban J connectivity index is 1.24. The van der Waals surface area contributed by atoms with E-state index in [1.54, 1.807) is 0 Å². The maximum Gasteiger partial charge on any atom is 0.337 e. The Morgan fingerprint density at radius 3 is 2.37 bits per heavy atom. The molecular formula is C39H52N6O4. The Morgan fingerprint density at radius 2 is 1.69 bits per heavy atom. The molecule has 2 aromatic heterocycles. The van der Waals surface area contributed by atoms with Crippen LogP contribution in [0, 0.1) is 19.3 Å². The normalized spacial score (nSPS) is 22.6. The zero-order valence-corrected chi connectivity index (χ0v) is 30.3. The summed E-state index contributed by atoms with van der Waals surface area (Å²) in [4.78, 5) is 34.8. The van der Waals surface area contributed by atoms with Crippen LogP contribution in [-0.4, -0.2) is 76.6 Å². The minimum atomic E-state index is -1.13. The Hall–Kier alpha value is -3.76. The molecule has 1 aromatic carbocycles. The van der Waals surface area contributed by atoms with Crippen LogP contribution in [0.2, 0.25) is 0 Å². The van der Waals surface area contributed by atoms with Crippen molar-refractivity contribution in [3.05, 3.63) is 58.5 Å². The molecule has 0 saturated carbocycles. The van der Waals surface area contributed by atoms with E-state index >= 15 is 0 Å². The number of carboxylic acid groups (broad SMARTS) is 1. The highest BCUT2D eigenvalue weighted by Crippen LogP contribution is 2.45. The number of fused-ring (bicyclic) bond motifs is 3. The van der Waals surface area contributed by atoms with E-state index in [1.165, 1.54) is 11.1 Å². The number of carbonyl (C=O) groups is 1. The third kappa shape index (κ3) is 6.74. The number of aromatic nitrogens is 3. The van der Waals surface area contributed by atoms with Crippen molar-refractivity contribution < 1.29 is 19.4 Å². The minimum absolute atomic E-state index is 0.242. The lowest BCUT2D eigenvalue weighted by Gasteiger charge is -2.41. The van der Waals surface area contributed by atoms with Gasteiger partial charge in [-0.25, -0.2) is 9.78 Å². The van der Waals surface area contributed by atoms with E-state index in [0.717, 1.165) is 106 Å². The average Bonchev–Trinajstić information content (AvgIpc) is 3.30. The number of hydrogen-bond donors (Lipinski definition) is 1. The van der Waals surface area contributed by atoms with Gasteiger partial charge in [-0.1, -0.05) is 32.0 Å². The van der Waals surface area contributed by atoms with Crippen molar-refractivity contribution in [3.8, 4) is 11.1 Å². The predicted octanol–water partition coefficient (Wildman–Crippen LogP) is 6.65. The lowest BCUT2D eigenvalue weighted by Crippen LogP contribution is -2.47. The molecule has 0 radical (unpaired) electrons. The van der Waals surface area contributed by atoms with Gasteiger partial charge in [-0.2, -0.15) is 4.98 Å². The van der Waals surface area contributed by atoms with Gasteiger partial charge in [-0.15, -0.1) is 0 Å². The minimum Gasteiger partial charge on any atom is -0.479 e. The van der Waals surface area contributed by atoms with Crippen LogP contribution < -0.4 is 14.7 Å². The van der Waals surface area contributed by atoms with Crippen molar-refractivity contribution in [2.75, 3.05) is 47.5 Å². The molecular weight excluding hydrogens is 616 g/mol. The van der Waals surface area contributed by atoms with Crippen LogP contribution in [0.25, 0.3) is 11.1 Å². The van der Waals surface area contributed by atoms with Crippen LogP contribution in [0.15, 0.2) is 30.5 Å². The SMILES string of the molecule is Cc1nc(C)c([C@H](OC(C)(C)C)C(=O)O)c(N2CCC(C)(C)CC2)c1-c1ccc2c(c1)CCN(c1ccnc(N3C4CCC3COC4)n1)C2. The van der Waals surface area contributed by atoms with Gasteiger partial charge in [-0.05, 0) is 94.9 Å². The smallest absolute Gasteiger partial charge is 0.337 e. The van der Waals surface area contributed by atoms with Crippen LogP contribution in [0.3, 0.4) is 0 Å². The van der Waals surface area contributed by atoms with Crippen LogP contribution in [0.4, 0.5) is 17.5 Å². The predicted molar refractivity (Wildman–Crippen MR) is 192 cm³/mol. The third-order valence-corrected chi connectivity index (χ3v) is 10.9. The molecule has 3 saturated heterocycles. The van der Waals surface area contributed by atoms with Gasteiger partial charge in [0.05, 0.1) is 36.6 Å². The molecule has 4 aliphatic rings. The molecule has 0 amide bonds. The molecule has 3 atom stereocenters. The number of piperidine rings is 1. The van der Waals surface area contributed by atoms with E-state index in [4.69, 9.17) is 19.4 Å². The van der Waals surface area contributed by atoms with E-state index < -0.39 is 17.7 Å². The highest BCUT2D eigenvalue weighted by Gasteiger charge is 2.40. The van der Waals surface area contributed by atoms with Crippen LogP contribution in [0.5, 0.6) is 0 Å².